The minimum absolute atomic E-state index is 0.0000156. The number of hydrogen-bond donors (Lipinski definition) is 1. The Kier molecular flexibility index (Phi) is 3.95. The normalized spacial score (nSPS) is 21.6. The molecule has 1 spiro atoms. The predicted molar refractivity (Wildman–Crippen MR) is 73.1 cm³/mol. The molecule has 0 aliphatic carbocycles. The molecule has 1 N–H and O–H groups in total. The first kappa shape index (κ1) is 15.1. The van der Waals surface area contributed by atoms with Gasteiger partial charge in [0.2, 0.25) is 5.91 Å². The average Bonchev–Trinajstić information content (AvgIpc) is 2.33. The van der Waals surface area contributed by atoms with Crippen LogP contribution in [-0.2, 0) is 9.53 Å². The van der Waals surface area contributed by atoms with E-state index in [0.29, 0.717) is 26.2 Å². The summed E-state index contributed by atoms with van der Waals surface area (Å²) in [7, 11) is 0. The van der Waals surface area contributed by atoms with Gasteiger partial charge >= 0.3 is 6.09 Å². The molecule has 0 bridgehead atoms. The number of hydrogen-bond acceptors (Lipinski definition) is 4. The zero-order valence-corrected chi connectivity index (χ0v) is 12.5. The summed E-state index contributed by atoms with van der Waals surface area (Å²) in [5.41, 5.74) is -0.486. The van der Waals surface area contributed by atoms with Crippen LogP contribution in [0.25, 0.3) is 0 Å². The number of likely N-dealkylation sites (tertiary alicyclic amines) is 2. The topological polar surface area (TPSA) is 70.1 Å². The van der Waals surface area contributed by atoms with Crippen LogP contribution < -0.4 is 0 Å². The van der Waals surface area contributed by atoms with Crippen LogP contribution in [0.4, 0.5) is 4.79 Å². The van der Waals surface area contributed by atoms with Crippen molar-refractivity contribution in [3.8, 4) is 0 Å². The fourth-order valence-electron chi connectivity index (χ4n) is 2.99. The van der Waals surface area contributed by atoms with Crippen LogP contribution in [0.1, 0.15) is 33.6 Å². The Labute approximate surface area is 119 Å². The van der Waals surface area contributed by atoms with Crippen LogP contribution in [0.5, 0.6) is 0 Å². The maximum Gasteiger partial charge on any atom is 0.410 e. The van der Waals surface area contributed by atoms with E-state index < -0.39 is 12.2 Å². The van der Waals surface area contributed by atoms with Crippen molar-refractivity contribution in [1.82, 2.24) is 9.80 Å². The largest absolute Gasteiger partial charge is 0.444 e. The van der Waals surface area contributed by atoms with E-state index in [1.54, 1.807) is 9.80 Å². The minimum atomic E-state index is -0.486. The standard InChI is InChI=1S/C14H24N2O4/c1-13(2,3)20-12(19)15-6-4-5-14(8-15)9-16(10-14)11(18)7-17/h17H,4-10H2,1-3H3. The summed E-state index contributed by atoms with van der Waals surface area (Å²) in [6.45, 7) is 7.74. The van der Waals surface area contributed by atoms with E-state index in [-0.39, 0.29) is 17.4 Å². The molecule has 0 unspecified atom stereocenters. The Hall–Kier alpha value is -1.30. The van der Waals surface area contributed by atoms with Gasteiger partial charge < -0.3 is 19.6 Å². The Morgan fingerprint density at radius 1 is 1.20 bits per heavy atom. The molecule has 6 nitrogen and oxygen atoms in total. The first-order chi connectivity index (χ1) is 9.25. The van der Waals surface area contributed by atoms with E-state index in [2.05, 4.69) is 0 Å². The van der Waals surface area contributed by atoms with Crippen LogP contribution >= 0.6 is 0 Å². The van der Waals surface area contributed by atoms with E-state index in [1.165, 1.54) is 0 Å². The summed E-state index contributed by atoms with van der Waals surface area (Å²) in [5, 5.41) is 8.85. The Bertz CT molecular complexity index is 396. The lowest BCUT2D eigenvalue weighted by Crippen LogP contribution is -2.65. The SMILES string of the molecule is CC(C)(C)OC(=O)N1CCCC2(CN(C(=O)CO)C2)C1. The van der Waals surface area contributed by atoms with Gasteiger partial charge in [-0.05, 0) is 33.6 Å². The second kappa shape index (κ2) is 5.24. The number of rotatable bonds is 1. The Morgan fingerprint density at radius 2 is 1.80 bits per heavy atom. The van der Waals surface area contributed by atoms with Crippen molar-refractivity contribution in [2.45, 2.75) is 39.2 Å². The summed E-state index contributed by atoms with van der Waals surface area (Å²) in [5.74, 6) is -0.231. The molecule has 2 aliphatic rings. The van der Waals surface area contributed by atoms with Crippen molar-refractivity contribution >= 4 is 12.0 Å². The van der Waals surface area contributed by atoms with Crippen LogP contribution in [-0.4, -0.2) is 65.3 Å². The summed E-state index contributed by atoms with van der Waals surface area (Å²) >= 11 is 0. The molecule has 2 heterocycles. The zero-order chi connectivity index (χ0) is 15.0. The van der Waals surface area contributed by atoms with Crippen LogP contribution in [0.15, 0.2) is 0 Å². The van der Waals surface area contributed by atoms with Crippen LogP contribution in [0.2, 0.25) is 0 Å². The maximum atomic E-state index is 12.1. The molecule has 0 aromatic rings. The van der Waals surface area contributed by atoms with Gasteiger partial charge in [0.15, 0.2) is 0 Å². The van der Waals surface area contributed by atoms with Gasteiger partial charge in [0, 0.05) is 31.6 Å². The third-order valence-corrected chi connectivity index (χ3v) is 3.85. The van der Waals surface area contributed by atoms with Crippen molar-refractivity contribution in [3.63, 3.8) is 0 Å². The highest BCUT2D eigenvalue weighted by Crippen LogP contribution is 2.39. The smallest absolute Gasteiger partial charge is 0.410 e. The minimum Gasteiger partial charge on any atom is -0.444 e. The third kappa shape index (κ3) is 3.23. The molecule has 2 fully saturated rings. The molecule has 114 valence electrons. The maximum absolute atomic E-state index is 12.1. The van der Waals surface area contributed by atoms with E-state index in [0.717, 1.165) is 12.8 Å². The molecular formula is C14H24N2O4. The van der Waals surface area contributed by atoms with Crippen molar-refractivity contribution in [3.05, 3.63) is 0 Å². The lowest BCUT2D eigenvalue weighted by molar-refractivity contribution is -0.150. The number of piperidine rings is 1. The molecule has 6 heteroatoms. The van der Waals surface area contributed by atoms with Gasteiger partial charge in [-0.3, -0.25) is 4.79 Å². The Morgan fingerprint density at radius 3 is 2.35 bits per heavy atom. The molecule has 2 aliphatic heterocycles. The summed E-state index contributed by atoms with van der Waals surface area (Å²) < 4.78 is 5.40. The first-order valence-corrected chi connectivity index (χ1v) is 7.11. The van der Waals surface area contributed by atoms with Gasteiger partial charge in [-0.2, -0.15) is 0 Å². The van der Waals surface area contributed by atoms with Gasteiger partial charge in [-0.25, -0.2) is 4.79 Å². The van der Waals surface area contributed by atoms with E-state index in [4.69, 9.17) is 9.84 Å². The van der Waals surface area contributed by atoms with Crippen LogP contribution in [0.3, 0.4) is 0 Å². The zero-order valence-electron chi connectivity index (χ0n) is 12.5. The lowest BCUT2D eigenvalue weighted by Gasteiger charge is -2.54. The number of carbonyl (C=O) groups excluding carboxylic acids is 2. The van der Waals surface area contributed by atoms with Gasteiger partial charge in [0.1, 0.15) is 12.2 Å². The second-order valence-corrected chi connectivity index (χ2v) is 6.91. The molecule has 0 radical (unpaired) electrons. The first-order valence-electron chi connectivity index (χ1n) is 7.11. The van der Waals surface area contributed by atoms with Gasteiger partial charge in [0.05, 0.1) is 0 Å². The molecule has 0 aromatic carbocycles. The summed E-state index contributed by atoms with van der Waals surface area (Å²) in [4.78, 5) is 26.9. The summed E-state index contributed by atoms with van der Waals surface area (Å²) in [6.07, 6.45) is 1.67. The lowest BCUT2D eigenvalue weighted by atomic mass is 9.73. The molecule has 2 amide bonds. The Balaban J connectivity index is 1.90. The molecular weight excluding hydrogens is 260 g/mol. The number of amides is 2. The fraction of sp³-hybridized carbons (Fsp3) is 0.857. The molecule has 0 aromatic heterocycles. The number of ether oxygens (including phenoxy) is 1. The molecule has 2 rings (SSSR count). The number of aliphatic hydroxyl groups is 1. The highest BCUT2D eigenvalue weighted by atomic mass is 16.6. The van der Waals surface area contributed by atoms with Gasteiger partial charge in [0.25, 0.3) is 0 Å². The average molecular weight is 284 g/mol. The van der Waals surface area contributed by atoms with Gasteiger partial charge in [-0.15, -0.1) is 0 Å². The van der Waals surface area contributed by atoms with Crippen molar-refractivity contribution in [1.29, 1.82) is 0 Å². The number of nitrogens with zero attached hydrogens (tertiary/aromatic N) is 2. The highest BCUT2D eigenvalue weighted by molar-refractivity contribution is 5.78. The number of aliphatic hydroxyl groups excluding tert-OH is 1. The van der Waals surface area contributed by atoms with Gasteiger partial charge in [-0.1, -0.05) is 0 Å². The molecule has 20 heavy (non-hydrogen) atoms. The molecule has 0 saturated carbocycles. The second-order valence-electron chi connectivity index (χ2n) is 6.91. The summed E-state index contributed by atoms with van der Waals surface area (Å²) in [6, 6.07) is 0. The van der Waals surface area contributed by atoms with E-state index in [1.807, 2.05) is 20.8 Å². The molecule has 2 saturated heterocycles. The third-order valence-electron chi connectivity index (χ3n) is 3.85. The fourth-order valence-corrected chi connectivity index (χ4v) is 2.99. The van der Waals surface area contributed by atoms with E-state index in [9.17, 15) is 9.59 Å². The quantitative estimate of drug-likeness (QED) is 0.774. The van der Waals surface area contributed by atoms with Crippen molar-refractivity contribution in [2.24, 2.45) is 5.41 Å². The van der Waals surface area contributed by atoms with E-state index >= 15 is 0 Å². The predicted octanol–water partition coefficient (Wildman–Crippen LogP) is 0.838. The van der Waals surface area contributed by atoms with Crippen molar-refractivity contribution in [2.75, 3.05) is 32.8 Å². The number of carbonyl (C=O) groups is 2. The van der Waals surface area contributed by atoms with Crippen LogP contribution in [0, 0.1) is 5.41 Å². The monoisotopic (exact) mass is 284 g/mol. The molecule has 0 atom stereocenters. The highest BCUT2D eigenvalue weighted by Gasteiger charge is 2.48. The van der Waals surface area contributed by atoms with Crippen molar-refractivity contribution < 1.29 is 19.4 Å².